The number of unbranched alkanes of at least 4 members (excludes halogenated alkanes) is 8. The number of ketones is 2. The molecule has 2 heterocycles. The summed E-state index contributed by atoms with van der Waals surface area (Å²) in [6.07, 6.45) is 12.4. The van der Waals surface area contributed by atoms with Crippen molar-refractivity contribution in [2.45, 2.75) is 197 Å². The molecule has 0 saturated carbocycles. The molecule has 0 amide bonds. The van der Waals surface area contributed by atoms with E-state index >= 15 is 0 Å². The molecule has 2 aliphatic carbocycles. The zero-order valence-corrected chi connectivity index (χ0v) is 40.0. The molecule has 2 saturated heterocycles. The highest BCUT2D eigenvalue weighted by Gasteiger charge is 2.48. The number of ether oxygens (including phenoxy) is 6. The highest BCUT2D eigenvalue weighted by atomic mass is 16.7. The van der Waals surface area contributed by atoms with E-state index < -0.39 is 99.3 Å². The minimum atomic E-state index is -1.80. The van der Waals surface area contributed by atoms with Gasteiger partial charge in [0.2, 0.25) is 0 Å². The van der Waals surface area contributed by atoms with Gasteiger partial charge in [-0.25, -0.2) is 0 Å². The smallest absolute Gasteiger partial charge is 0.306 e. The highest BCUT2D eigenvalue weighted by molar-refractivity contribution is 5.95. The number of hydrogen-bond acceptors (Lipinski definition) is 17. The van der Waals surface area contributed by atoms with Crippen LogP contribution in [0.2, 0.25) is 0 Å². The van der Waals surface area contributed by atoms with Gasteiger partial charge in [-0.3, -0.25) is 19.2 Å². The van der Waals surface area contributed by atoms with E-state index in [-0.39, 0.29) is 54.7 Å². The maximum atomic E-state index is 13.1. The van der Waals surface area contributed by atoms with Gasteiger partial charge in [0.1, 0.15) is 55.4 Å². The Hall–Kier alpha value is -3.20. The zero-order chi connectivity index (χ0) is 49.4. The molecule has 0 aromatic rings. The van der Waals surface area contributed by atoms with Gasteiger partial charge in [-0.2, -0.15) is 0 Å². The van der Waals surface area contributed by atoms with Crippen LogP contribution < -0.4 is 0 Å². The number of esters is 2. The third-order valence-corrected chi connectivity index (χ3v) is 13.3. The van der Waals surface area contributed by atoms with Crippen LogP contribution in [0.1, 0.15) is 129 Å². The fraction of sp³-hybridized carbons (Fsp3) is 0.765. The first-order chi connectivity index (χ1) is 32.8. The summed E-state index contributed by atoms with van der Waals surface area (Å²) in [5, 5.41) is 72.2. The van der Waals surface area contributed by atoms with E-state index in [1.54, 1.807) is 12.2 Å². The summed E-state index contributed by atoms with van der Waals surface area (Å²) < 4.78 is 33.5. The first-order valence-corrected chi connectivity index (χ1v) is 25.1. The van der Waals surface area contributed by atoms with E-state index in [1.807, 2.05) is 12.2 Å². The van der Waals surface area contributed by atoms with Crippen molar-refractivity contribution < 1.29 is 83.3 Å². The molecule has 7 N–H and O–H groups in total. The second-order valence-corrected chi connectivity index (χ2v) is 18.6. The highest BCUT2D eigenvalue weighted by Crippen LogP contribution is 2.32. The Morgan fingerprint density at radius 2 is 1.06 bits per heavy atom. The van der Waals surface area contributed by atoms with Crippen LogP contribution in [0.15, 0.2) is 48.6 Å². The van der Waals surface area contributed by atoms with Crippen LogP contribution >= 0.6 is 0 Å². The van der Waals surface area contributed by atoms with Gasteiger partial charge in [0.25, 0.3) is 0 Å². The third-order valence-electron chi connectivity index (χ3n) is 13.3. The number of rotatable bonds is 32. The monoisotopic (exact) mass is 965 g/mol. The Bertz CT molecular complexity index is 1630. The fourth-order valence-corrected chi connectivity index (χ4v) is 9.14. The average Bonchev–Trinajstić information content (AvgIpc) is 3.87. The molecule has 15 atom stereocenters. The average molecular weight is 965 g/mol. The molecule has 4 aliphatic rings. The van der Waals surface area contributed by atoms with Crippen molar-refractivity contribution in [1.29, 1.82) is 0 Å². The maximum Gasteiger partial charge on any atom is 0.306 e. The molecule has 0 spiro atoms. The number of carbonyl (C=O) groups excluding carboxylic acids is 4. The van der Waals surface area contributed by atoms with Crippen molar-refractivity contribution in [1.82, 2.24) is 0 Å². The van der Waals surface area contributed by atoms with Crippen molar-refractivity contribution in [3.8, 4) is 0 Å². The van der Waals surface area contributed by atoms with E-state index in [1.165, 1.54) is 0 Å². The Morgan fingerprint density at radius 1 is 0.588 bits per heavy atom. The molecule has 5 unspecified atom stereocenters. The topological polar surface area (TPSA) is 265 Å². The third kappa shape index (κ3) is 18.5. The first-order valence-electron chi connectivity index (χ1n) is 25.1. The fourth-order valence-electron chi connectivity index (χ4n) is 9.14. The quantitative estimate of drug-likeness (QED) is 0.0285. The summed E-state index contributed by atoms with van der Waals surface area (Å²) in [5.74, 6) is -0.138. The van der Waals surface area contributed by atoms with E-state index in [0.29, 0.717) is 12.8 Å². The standard InChI is InChI=1S/C51H80O17/c1-3-5-13-21-36-33(25-27-38(36)53)19-15-9-7-11-17-23-42(55)63-30-35(66-43(56)24-18-12-8-10-16-20-34-26-28-39(54)37(34)22-14-6-4-2)31-64-50-49(62)47(60)45(58)41(68-50)32-65-51-48(61)46(59)44(57)40(29-52)67-51/h5-6,13-14,25-28,33-37,40-41,44-52,57-62H,3-4,7-12,15-24,29-32H2,1-2H3/b13-5-,14-6-/t33?,34?,35?,36?,37?,40-,41-,44+,45+,46+,47+,48-,49-,50-,51+/m1/s1. The molecule has 0 aromatic carbocycles. The molecule has 386 valence electrons. The molecule has 2 aliphatic heterocycles. The van der Waals surface area contributed by atoms with E-state index in [4.69, 9.17) is 28.4 Å². The largest absolute Gasteiger partial charge is 0.462 e. The summed E-state index contributed by atoms with van der Waals surface area (Å²) >= 11 is 0. The number of allylic oxidation sites excluding steroid dienone is 8. The van der Waals surface area contributed by atoms with Crippen LogP contribution in [0, 0.1) is 23.7 Å². The SMILES string of the molecule is CC/C=C\CC1C(=O)C=CC1CCCCCCCC(=O)OCC(CO[C@@H]1O[C@H](CO[C@H]2O[C@H](CO)[C@H](O)[C@H](O)[C@H]2O)[C@H](O)[C@H](O)[C@H]1O)OC(=O)CCCCCCCC1C=CC(=O)C1C/C=C\CC. The molecular formula is C51H80O17. The Kier molecular flexibility index (Phi) is 26.3. The van der Waals surface area contributed by atoms with Gasteiger partial charge in [0.15, 0.2) is 30.3 Å². The number of aliphatic hydroxyl groups is 7. The summed E-state index contributed by atoms with van der Waals surface area (Å²) in [6.45, 7) is 2.08. The molecule has 17 nitrogen and oxygen atoms in total. The second kappa shape index (κ2) is 31.2. The van der Waals surface area contributed by atoms with Crippen molar-refractivity contribution in [2.24, 2.45) is 23.7 Å². The minimum Gasteiger partial charge on any atom is -0.462 e. The van der Waals surface area contributed by atoms with Crippen molar-refractivity contribution in [3.63, 3.8) is 0 Å². The lowest BCUT2D eigenvalue weighted by Crippen LogP contribution is -2.61. The lowest BCUT2D eigenvalue weighted by molar-refractivity contribution is -0.332. The lowest BCUT2D eigenvalue weighted by Gasteiger charge is -2.42. The van der Waals surface area contributed by atoms with Crippen molar-refractivity contribution in [3.05, 3.63) is 48.6 Å². The van der Waals surface area contributed by atoms with Gasteiger partial charge in [-0.1, -0.05) is 102 Å². The molecule has 0 bridgehead atoms. The van der Waals surface area contributed by atoms with E-state index in [2.05, 4.69) is 38.2 Å². The molecule has 17 heteroatoms. The summed E-state index contributed by atoms with van der Waals surface area (Å²) in [4.78, 5) is 50.6. The number of carbonyl (C=O) groups is 4. The van der Waals surface area contributed by atoms with Crippen LogP contribution in [-0.4, -0.2) is 153 Å². The normalized spacial score (nSPS) is 32.2. The van der Waals surface area contributed by atoms with Gasteiger partial charge < -0.3 is 64.2 Å². The van der Waals surface area contributed by atoms with Gasteiger partial charge in [-0.05, 0) is 75.4 Å². The van der Waals surface area contributed by atoms with Crippen LogP contribution in [0.4, 0.5) is 0 Å². The number of aliphatic hydroxyl groups excluding tert-OH is 7. The second-order valence-electron chi connectivity index (χ2n) is 18.6. The molecule has 0 aromatic heterocycles. The van der Waals surface area contributed by atoms with E-state index in [0.717, 1.165) is 89.9 Å². The molecule has 2 fully saturated rings. The summed E-state index contributed by atoms with van der Waals surface area (Å²) in [7, 11) is 0. The Labute approximate surface area is 401 Å². The van der Waals surface area contributed by atoms with Crippen LogP contribution in [-0.2, 0) is 47.6 Å². The lowest BCUT2D eigenvalue weighted by atomic mass is 9.87. The molecular weight excluding hydrogens is 885 g/mol. The number of hydrogen-bond donors (Lipinski definition) is 7. The van der Waals surface area contributed by atoms with Crippen LogP contribution in [0.25, 0.3) is 0 Å². The molecule has 0 radical (unpaired) electrons. The zero-order valence-electron chi connectivity index (χ0n) is 40.0. The van der Waals surface area contributed by atoms with Crippen molar-refractivity contribution >= 4 is 23.5 Å². The predicted octanol–water partition coefficient (Wildman–Crippen LogP) is 4.00. The van der Waals surface area contributed by atoms with Crippen LogP contribution in [0.5, 0.6) is 0 Å². The summed E-state index contributed by atoms with van der Waals surface area (Å²) in [6, 6.07) is 0. The molecule has 68 heavy (non-hydrogen) atoms. The predicted molar refractivity (Wildman–Crippen MR) is 248 cm³/mol. The Balaban J connectivity index is 1.23. The summed E-state index contributed by atoms with van der Waals surface area (Å²) in [5.41, 5.74) is 0. The van der Waals surface area contributed by atoms with Crippen molar-refractivity contribution in [2.75, 3.05) is 26.4 Å². The maximum absolute atomic E-state index is 13.1. The van der Waals surface area contributed by atoms with Crippen LogP contribution in [0.3, 0.4) is 0 Å². The minimum absolute atomic E-state index is 0.00956. The first kappa shape index (κ1) is 57.4. The van der Waals surface area contributed by atoms with E-state index in [9.17, 15) is 54.9 Å². The Morgan fingerprint density at radius 3 is 1.59 bits per heavy atom. The molecule has 4 rings (SSSR count). The van der Waals surface area contributed by atoms with Gasteiger partial charge >= 0.3 is 11.9 Å². The van der Waals surface area contributed by atoms with Gasteiger partial charge in [-0.15, -0.1) is 0 Å². The van der Waals surface area contributed by atoms with Gasteiger partial charge in [0.05, 0.1) is 19.8 Å². The van der Waals surface area contributed by atoms with Gasteiger partial charge in [0, 0.05) is 24.7 Å².